The maximum absolute atomic E-state index is 15.4. The van der Waals surface area contributed by atoms with Crippen LogP contribution < -0.4 is 34.5 Å². The molecule has 8 heterocycles. The van der Waals surface area contributed by atoms with Crippen LogP contribution in [0.4, 0.5) is 31.8 Å². The summed E-state index contributed by atoms with van der Waals surface area (Å²) in [7, 11) is 6.00. The first kappa shape index (κ1) is 109. The zero-order chi connectivity index (χ0) is 105. The summed E-state index contributed by atoms with van der Waals surface area (Å²) in [4.78, 5) is 138. The van der Waals surface area contributed by atoms with Gasteiger partial charge in [0.1, 0.15) is 57.8 Å². The molecule has 2 amide bonds. The van der Waals surface area contributed by atoms with Crippen molar-refractivity contribution in [3.8, 4) is 45.5 Å². The number of rotatable bonds is 41. The third-order valence-electron chi connectivity index (χ3n) is 26.1. The number of nitro groups is 1. The number of hydrogen-bond donors (Lipinski definition) is 1. The number of methoxy groups -OCH3 is 4. The summed E-state index contributed by atoms with van der Waals surface area (Å²) in [5, 5.41) is 14.9. The number of halogens is 8. The second-order valence-electron chi connectivity index (χ2n) is 37.4. The zero-order valence-corrected chi connectivity index (χ0v) is 87.6. The lowest BCUT2D eigenvalue weighted by molar-refractivity contribution is -0.384. The molecule has 36 heteroatoms. The second kappa shape index (κ2) is 50.6. The third kappa shape index (κ3) is 26.9. The summed E-state index contributed by atoms with van der Waals surface area (Å²) >= 11 is 37.9. The Bertz CT molecular complexity index is 6990. The van der Waals surface area contributed by atoms with E-state index in [1.54, 1.807) is 113 Å². The van der Waals surface area contributed by atoms with Crippen molar-refractivity contribution in [2.24, 2.45) is 21.8 Å². The van der Waals surface area contributed by atoms with Crippen molar-refractivity contribution in [2.75, 3.05) is 96.6 Å². The van der Waals surface area contributed by atoms with Gasteiger partial charge < -0.3 is 53.8 Å². The summed E-state index contributed by atoms with van der Waals surface area (Å²) in [5.74, 6) is 1.69. The number of ether oxygens (including phenoxy) is 6. The van der Waals surface area contributed by atoms with Crippen LogP contribution in [0.2, 0.25) is 30.1 Å². The number of pyridine rings is 2. The van der Waals surface area contributed by atoms with Crippen LogP contribution in [-0.2, 0) is 54.6 Å². The third-order valence-corrected chi connectivity index (χ3v) is 27.5. The quantitative estimate of drug-likeness (QED) is 0.0122. The predicted molar refractivity (Wildman–Crippen MR) is 570 cm³/mol. The summed E-state index contributed by atoms with van der Waals surface area (Å²) < 4.78 is 64.8. The van der Waals surface area contributed by atoms with Gasteiger partial charge in [-0.25, -0.2) is 38.7 Å². The highest BCUT2D eigenvalue weighted by atomic mass is 35.5. The Hall–Kier alpha value is -13.3. The fraction of sp³-hybridized carbons (Fsp3) is 0.339. The molecule has 0 spiro atoms. The molecule has 4 atom stereocenters. The van der Waals surface area contributed by atoms with Crippen LogP contribution in [0.3, 0.4) is 0 Å². The molecule has 4 aliphatic rings. The SMILES string of the molecule is COc1cc(Cc2ncc3c(n2)-c2ccc(Cl)cc2C(c2c(F)cccc2OC)=NC3)ccc1C(=O)CCCOCCCC(=O)CC(=O)N1C[C@@H](CC(C)C)N(c2ncc(Cl)cc2N)[C@@H](c2ccc(Cl)cc2)C1.COc1cc(Cc2ncc3c(n2)-c2ccc(Cl)cc2C(c2c(F)cccc2OC)=NC3)ccc1C(=O)CCCOCCCC(=O)CC(=O)N1C[C@@H](CC(C)C)N(c2ncc(Cl)cc2[N+](=O)[O-])[C@@H](c2ccc(Cl)cc2)C1. The van der Waals surface area contributed by atoms with Crippen molar-refractivity contribution in [3.63, 3.8) is 0 Å². The number of nitrogen functional groups attached to an aromatic ring is 1. The average Bonchev–Trinajstić information content (AvgIpc) is 1.43. The number of fused-ring (bicyclic) bond motifs is 6. The minimum Gasteiger partial charge on any atom is -0.496 e. The highest BCUT2D eigenvalue weighted by Gasteiger charge is 2.44. The molecule has 12 aromatic rings. The topological polar surface area (TPSA) is 342 Å². The van der Waals surface area contributed by atoms with E-state index >= 15 is 8.78 Å². The standard InChI is InChI=1S/C56H55Cl3FN7O8.C56H57Cl3FN7O6/c1-33(2)22-40-31-65(32-47(35-13-15-37(57)16-14-35)66(40)56-46(67(71)72)26-39(59)30-63-56)52(70)27-41(68)8-6-20-75-21-7-10-48(69)43-18-12-34(23-50(43)74-4)24-51-61-28-36-29-62-55(53-45(60)9-5-11-49(53)73-3)44-25-38(58)17-19-42(44)54(36)64-51;1-33(2)22-40-31-66(32-47(35-13-15-37(57)16-14-35)67(40)56-46(61)26-39(59)30-64-56)52(70)27-41(68)8-6-20-73-21-7-10-48(69)43-18-12-34(23-50(43)72-4)24-51-62-28-36-29-63-55(53-45(60)9-5-11-49(53)71-3)44-25-38(58)17-19-42(44)54(36)65-51/h5,9,11-19,23,25-26,28,30,33,40,47H,6-8,10,20-22,24,27,29,31-32H2,1-4H3;5,9,11-19,23,25-26,28,30,33,40,47H,6-8,10,20-22,24,27,29,31-32,61H2,1-4H3/t2*40-,47-/m11/s1. The Morgan fingerprint density at radius 1 is 0.446 bits per heavy atom. The van der Waals surface area contributed by atoms with Gasteiger partial charge in [-0.2, -0.15) is 0 Å². The van der Waals surface area contributed by atoms with Gasteiger partial charge in [-0.3, -0.25) is 48.9 Å². The zero-order valence-electron chi connectivity index (χ0n) is 83.0. The van der Waals surface area contributed by atoms with Crippen molar-refractivity contribution < 1.29 is 70.9 Å². The van der Waals surface area contributed by atoms with Crippen molar-refractivity contribution in [1.29, 1.82) is 0 Å². The molecule has 2 fully saturated rings. The van der Waals surface area contributed by atoms with Crippen molar-refractivity contribution in [1.82, 2.24) is 39.7 Å². The molecule has 16 rings (SSSR count). The van der Waals surface area contributed by atoms with Gasteiger partial charge in [-0.15, -0.1) is 0 Å². The van der Waals surface area contributed by atoms with Gasteiger partial charge in [0.05, 0.1) is 132 Å². The Morgan fingerprint density at radius 2 is 0.845 bits per heavy atom. The van der Waals surface area contributed by atoms with Gasteiger partial charge in [-0.05, 0) is 176 Å². The van der Waals surface area contributed by atoms with Crippen LogP contribution in [-0.4, -0.2) is 184 Å². The maximum atomic E-state index is 15.4. The number of aliphatic imine (C=N–C) groups is 2. The number of hydrogen-bond acceptors (Lipinski definition) is 25. The summed E-state index contributed by atoms with van der Waals surface area (Å²) in [6.07, 6.45) is 10.4. The molecule has 148 heavy (non-hydrogen) atoms. The van der Waals surface area contributed by atoms with E-state index in [0.717, 1.165) is 50.9 Å². The molecule has 0 aliphatic carbocycles. The van der Waals surface area contributed by atoms with Crippen molar-refractivity contribution in [3.05, 3.63) is 325 Å². The van der Waals surface area contributed by atoms with Crippen LogP contribution >= 0.6 is 69.6 Å². The molecular formula is C112H112Cl6F2N14O14. The number of nitrogens with zero attached hydrogens (tertiary/aromatic N) is 13. The van der Waals surface area contributed by atoms with Gasteiger partial charge >= 0.3 is 5.69 Å². The van der Waals surface area contributed by atoms with Crippen molar-refractivity contribution in [2.45, 2.75) is 155 Å². The highest BCUT2D eigenvalue weighted by molar-refractivity contribution is 6.33. The normalized spacial score (nSPS) is 15.3. The number of carbonyl (C=O) groups excluding carboxylic acids is 6. The Kier molecular flexibility index (Phi) is 37.2. The van der Waals surface area contributed by atoms with E-state index in [1.807, 2.05) is 85.5 Å². The lowest BCUT2D eigenvalue weighted by atomic mass is 9.93. The minimum absolute atomic E-state index is 0.0952. The molecular weight excluding hydrogens is 2020 g/mol. The van der Waals surface area contributed by atoms with Crippen LogP contribution in [0.25, 0.3) is 22.5 Å². The van der Waals surface area contributed by atoms with E-state index in [4.69, 9.17) is 124 Å². The fourth-order valence-electron chi connectivity index (χ4n) is 19.2. The van der Waals surface area contributed by atoms with Gasteiger partial charge in [-0.1, -0.05) is 158 Å². The number of piperazine rings is 2. The Balaban J connectivity index is 0.000000222. The molecule has 0 saturated carbocycles. The number of carbonyl (C=O) groups is 6. The number of benzene rings is 8. The summed E-state index contributed by atoms with van der Waals surface area (Å²) in [6, 6.07) is 47.1. The summed E-state index contributed by atoms with van der Waals surface area (Å²) in [6.45, 7) is 11.1. The first-order chi connectivity index (χ1) is 71.3. The van der Waals surface area contributed by atoms with Crippen LogP contribution in [0, 0.1) is 33.6 Å². The first-order valence-electron chi connectivity index (χ1n) is 48.8. The molecule has 28 nitrogen and oxygen atoms in total. The number of amides is 2. The maximum Gasteiger partial charge on any atom is 0.313 e. The first-order valence-corrected chi connectivity index (χ1v) is 51.1. The molecule has 8 aromatic carbocycles. The molecule has 0 radical (unpaired) electrons. The predicted octanol–water partition coefficient (Wildman–Crippen LogP) is 23.1. The second-order valence-corrected chi connectivity index (χ2v) is 40.1. The van der Waals surface area contributed by atoms with E-state index in [-0.39, 0.29) is 158 Å². The number of nitrogens with two attached hydrogens (primary N) is 1. The summed E-state index contributed by atoms with van der Waals surface area (Å²) in [5.41, 5.74) is 17.7. The van der Waals surface area contributed by atoms with Crippen LogP contribution in [0.15, 0.2) is 205 Å². The minimum atomic E-state index is -0.535. The lowest BCUT2D eigenvalue weighted by Gasteiger charge is -2.48. The van der Waals surface area contributed by atoms with E-state index in [9.17, 15) is 38.9 Å². The van der Waals surface area contributed by atoms with Crippen LogP contribution in [0.1, 0.15) is 205 Å². The number of Topliss-reactive ketones (excluding diaryl/α,β-unsaturated/α-hetero) is 4. The number of aromatic nitrogens is 6. The monoisotopic (exact) mass is 2120 g/mol. The Labute approximate surface area is 887 Å². The molecule has 0 bridgehead atoms. The Morgan fingerprint density at radius 3 is 1.25 bits per heavy atom. The van der Waals surface area contributed by atoms with Gasteiger partial charge in [0.2, 0.25) is 17.6 Å². The lowest BCUT2D eigenvalue weighted by Crippen LogP contribution is -2.57. The van der Waals surface area contributed by atoms with E-state index in [2.05, 4.69) is 38.7 Å². The van der Waals surface area contributed by atoms with Gasteiger partial charge in [0, 0.05) is 188 Å². The fourth-order valence-corrected chi connectivity index (χ4v) is 20.2. The van der Waals surface area contributed by atoms with E-state index in [0.29, 0.717) is 200 Å². The highest BCUT2D eigenvalue weighted by Crippen LogP contribution is 2.45. The number of anilines is 3. The molecule has 4 aliphatic heterocycles. The van der Waals surface area contributed by atoms with E-state index in [1.165, 1.54) is 52.8 Å². The smallest absolute Gasteiger partial charge is 0.313 e. The van der Waals surface area contributed by atoms with Gasteiger partial charge in [0.25, 0.3) is 0 Å². The van der Waals surface area contributed by atoms with Gasteiger partial charge in [0.15, 0.2) is 17.4 Å². The average molecular weight is 2130 g/mol. The molecule has 770 valence electrons. The van der Waals surface area contributed by atoms with Crippen LogP contribution in [0.5, 0.6) is 23.0 Å². The molecule has 2 saturated heterocycles. The molecule has 4 aromatic heterocycles. The number of ketones is 4. The molecule has 2 N–H and O–H groups in total. The van der Waals surface area contributed by atoms with Crippen molar-refractivity contribution >= 4 is 139 Å². The largest absolute Gasteiger partial charge is 0.496 e. The van der Waals surface area contributed by atoms with E-state index < -0.39 is 22.6 Å². The molecule has 0 unspecified atom stereocenters.